The van der Waals surface area contributed by atoms with Gasteiger partial charge in [0.1, 0.15) is 0 Å². The van der Waals surface area contributed by atoms with Gasteiger partial charge in [0.2, 0.25) is 0 Å². The molecule has 1 aliphatic rings. The van der Waals surface area contributed by atoms with E-state index in [1.807, 2.05) is 0 Å². The summed E-state index contributed by atoms with van der Waals surface area (Å²) in [6, 6.07) is 0.680. The molecular formula is C11H23NO. The Bertz CT molecular complexity index is 130. The molecule has 0 bridgehead atoms. The van der Waals surface area contributed by atoms with Gasteiger partial charge in [-0.2, -0.15) is 0 Å². The molecule has 1 aliphatic heterocycles. The standard InChI is InChI=1S/C11H23NO/c1-10(2)12(3)7-4-11-5-8-13-9-6-11/h10-11H,4-9H2,1-3H3. The second kappa shape index (κ2) is 5.61. The lowest BCUT2D eigenvalue weighted by Gasteiger charge is -2.26. The molecule has 0 aromatic heterocycles. The Hall–Kier alpha value is -0.0800. The van der Waals surface area contributed by atoms with Crippen LogP contribution in [0.1, 0.15) is 33.1 Å². The first kappa shape index (κ1) is 11.0. The maximum absolute atomic E-state index is 5.34. The summed E-state index contributed by atoms with van der Waals surface area (Å²) in [6.45, 7) is 7.71. The van der Waals surface area contributed by atoms with E-state index in [0.29, 0.717) is 6.04 Å². The van der Waals surface area contributed by atoms with Crippen molar-refractivity contribution < 1.29 is 4.74 Å². The van der Waals surface area contributed by atoms with Crippen molar-refractivity contribution in [2.24, 2.45) is 5.92 Å². The van der Waals surface area contributed by atoms with Crippen molar-refractivity contribution >= 4 is 0 Å². The first-order chi connectivity index (χ1) is 6.20. The minimum absolute atomic E-state index is 0.680. The Morgan fingerprint density at radius 3 is 2.46 bits per heavy atom. The predicted molar refractivity (Wildman–Crippen MR) is 55.9 cm³/mol. The second-order valence-corrected chi connectivity index (χ2v) is 4.42. The van der Waals surface area contributed by atoms with Crippen LogP contribution in [0, 0.1) is 5.92 Å². The van der Waals surface area contributed by atoms with Crippen LogP contribution >= 0.6 is 0 Å². The van der Waals surface area contributed by atoms with Crippen LogP contribution in [0.3, 0.4) is 0 Å². The molecule has 0 aliphatic carbocycles. The van der Waals surface area contributed by atoms with E-state index in [4.69, 9.17) is 4.74 Å². The van der Waals surface area contributed by atoms with Gasteiger partial charge in [0.15, 0.2) is 0 Å². The third-order valence-corrected chi connectivity index (χ3v) is 3.11. The Morgan fingerprint density at radius 1 is 1.31 bits per heavy atom. The third kappa shape index (κ3) is 4.10. The molecule has 13 heavy (non-hydrogen) atoms. The van der Waals surface area contributed by atoms with Gasteiger partial charge in [-0.1, -0.05) is 0 Å². The Balaban J connectivity index is 2.10. The van der Waals surface area contributed by atoms with E-state index in [9.17, 15) is 0 Å². The lowest BCUT2D eigenvalue weighted by atomic mass is 9.96. The van der Waals surface area contributed by atoms with E-state index in [0.717, 1.165) is 19.1 Å². The molecule has 1 heterocycles. The lowest BCUT2D eigenvalue weighted by molar-refractivity contribution is 0.0600. The highest BCUT2D eigenvalue weighted by Crippen LogP contribution is 2.18. The highest BCUT2D eigenvalue weighted by atomic mass is 16.5. The van der Waals surface area contributed by atoms with E-state index >= 15 is 0 Å². The van der Waals surface area contributed by atoms with Gasteiger partial charge >= 0.3 is 0 Å². The Kier molecular flexibility index (Phi) is 4.74. The van der Waals surface area contributed by atoms with Gasteiger partial charge in [-0.3, -0.25) is 0 Å². The fourth-order valence-corrected chi connectivity index (χ4v) is 1.68. The van der Waals surface area contributed by atoms with Crippen LogP contribution in [0.15, 0.2) is 0 Å². The minimum Gasteiger partial charge on any atom is -0.381 e. The lowest BCUT2D eigenvalue weighted by Crippen LogP contribution is -2.29. The van der Waals surface area contributed by atoms with Crippen LogP contribution in [0.25, 0.3) is 0 Å². The number of hydrogen-bond acceptors (Lipinski definition) is 2. The van der Waals surface area contributed by atoms with Gasteiger partial charge in [-0.05, 0) is 52.6 Å². The molecule has 0 unspecified atom stereocenters. The first-order valence-electron chi connectivity index (χ1n) is 5.48. The molecule has 2 heteroatoms. The van der Waals surface area contributed by atoms with Crippen molar-refractivity contribution in [1.29, 1.82) is 0 Å². The van der Waals surface area contributed by atoms with E-state index < -0.39 is 0 Å². The van der Waals surface area contributed by atoms with Crippen LogP contribution in [-0.2, 0) is 4.74 Å². The van der Waals surface area contributed by atoms with Crippen LogP contribution in [0.5, 0.6) is 0 Å². The normalized spacial score (nSPS) is 20.1. The molecule has 2 nitrogen and oxygen atoms in total. The molecule has 0 aromatic rings. The second-order valence-electron chi connectivity index (χ2n) is 4.42. The minimum atomic E-state index is 0.680. The summed E-state index contributed by atoms with van der Waals surface area (Å²) >= 11 is 0. The van der Waals surface area contributed by atoms with Gasteiger partial charge in [0.25, 0.3) is 0 Å². The molecule has 1 fully saturated rings. The van der Waals surface area contributed by atoms with Crippen LogP contribution in [0.4, 0.5) is 0 Å². The van der Waals surface area contributed by atoms with E-state index in [1.165, 1.54) is 25.8 Å². The maximum atomic E-state index is 5.34. The van der Waals surface area contributed by atoms with E-state index in [2.05, 4.69) is 25.8 Å². The van der Waals surface area contributed by atoms with Gasteiger partial charge in [-0.25, -0.2) is 0 Å². The summed E-state index contributed by atoms with van der Waals surface area (Å²) in [6.07, 6.45) is 3.88. The molecule has 0 atom stereocenters. The van der Waals surface area contributed by atoms with Crippen molar-refractivity contribution in [2.45, 2.75) is 39.2 Å². The Labute approximate surface area is 82.3 Å². The van der Waals surface area contributed by atoms with Gasteiger partial charge < -0.3 is 9.64 Å². The highest BCUT2D eigenvalue weighted by Gasteiger charge is 2.14. The van der Waals surface area contributed by atoms with Gasteiger partial charge in [0.05, 0.1) is 0 Å². The van der Waals surface area contributed by atoms with Crippen molar-refractivity contribution in [3.63, 3.8) is 0 Å². The van der Waals surface area contributed by atoms with Crippen LogP contribution < -0.4 is 0 Å². The third-order valence-electron chi connectivity index (χ3n) is 3.11. The molecule has 0 radical (unpaired) electrons. The van der Waals surface area contributed by atoms with Crippen molar-refractivity contribution in [1.82, 2.24) is 4.90 Å². The fourth-order valence-electron chi connectivity index (χ4n) is 1.68. The zero-order valence-corrected chi connectivity index (χ0v) is 9.25. The number of ether oxygens (including phenoxy) is 1. The smallest absolute Gasteiger partial charge is 0.0468 e. The van der Waals surface area contributed by atoms with Crippen molar-refractivity contribution in [2.75, 3.05) is 26.8 Å². The Morgan fingerprint density at radius 2 is 1.92 bits per heavy atom. The average molecular weight is 185 g/mol. The van der Waals surface area contributed by atoms with Crippen LogP contribution in [0.2, 0.25) is 0 Å². The molecule has 0 spiro atoms. The SMILES string of the molecule is CC(C)N(C)CCC1CCOCC1. The summed E-state index contributed by atoms with van der Waals surface area (Å²) < 4.78 is 5.34. The van der Waals surface area contributed by atoms with Gasteiger partial charge in [0, 0.05) is 19.3 Å². The quantitative estimate of drug-likeness (QED) is 0.665. The largest absolute Gasteiger partial charge is 0.381 e. The number of rotatable bonds is 4. The molecule has 0 aromatic carbocycles. The molecule has 1 rings (SSSR count). The van der Waals surface area contributed by atoms with E-state index in [1.54, 1.807) is 0 Å². The predicted octanol–water partition coefficient (Wildman–Crippen LogP) is 2.14. The highest BCUT2D eigenvalue weighted by molar-refractivity contribution is 4.66. The number of hydrogen-bond donors (Lipinski definition) is 0. The van der Waals surface area contributed by atoms with Crippen molar-refractivity contribution in [3.05, 3.63) is 0 Å². The molecule has 78 valence electrons. The van der Waals surface area contributed by atoms with Gasteiger partial charge in [-0.15, -0.1) is 0 Å². The summed E-state index contributed by atoms with van der Waals surface area (Å²) in [4.78, 5) is 2.43. The molecule has 0 N–H and O–H groups in total. The summed E-state index contributed by atoms with van der Waals surface area (Å²) in [5.74, 6) is 0.912. The molecule has 0 amide bonds. The maximum Gasteiger partial charge on any atom is 0.0468 e. The first-order valence-corrected chi connectivity index (χ1v) is 5.48. The van der Waals surface area contributed by atoms with E-state index in [-0.39, 0.29) is 0 Å². The molecule has 0 saturated carbocycles. The molecular weight excluding hydrogens is 162 g/mol. The fraction of sp³-hybridized carbons (Fsp3) is 1.00. The zero-order chi connectivity index (χ0) is 9.68. The summed E-state index contributed by atoms with van der Waals surface area (Å²) in [5.41, 5.74) is 0. The number of nitrogens with zero attached hydrogens (tertiary/aromatic N) is 1. The van der Waals surface area contributed by atoms with Crippen LogP contribution in [-0.4, -0.2) is 37.7 Å². The summed E-state index contributed by atoms with van der Waals surface area (Å²) in [5, 5.41) is 0. The monoisotopic (exact) mass is 185 g/mol. The molecule has 1 saturated heterocycles. The average Bonchev–Trinajstić information content (AvgIpc) is 2.15. The van der Waals surface area contributed by atoms with Crippen molar-refractivity contribution in [3.8, 4) is 0 Å². The topological polar surface area (TPSA) is 12.5 Å². The summed E-state index contributed by atoms with van der Waals surface area (Å²) in [7, 11) is 2.21. The zero-order valence-electron chi connectivity index (χ0n) is 9.25.